The van der Waals surface area contributed by atoms with E-state index >= 15 is 0 Å². The molecular weight excluding hydrogens is 322 g/mol. The van der Waals surface area contributed by atoms with Gasteiger partial charge in [0.2, 0.25) is 0 Å². The Labute approximate surface area is 151 Å². The van der Waals surface area contributed by atoms with E-state index in [0.29, 0.717) is 5.75 Å². The lowest BCUT2D eigenvalue weighted by atomic mass is 9.89. The van der Waals surface area contributed by atoms with E-state index in [1.165, 1.54) is 0 Å². The molecule has 1 aromatic rings. The van der Waals surface area contributed by atoms with E-state index in [-0.39, 0.29) is 6.42 Å². The van der Waals surface area contributed by atoms with Gasteiger partial charge in [-0.1, -0.05) is 27.7 Å². The third kappa shape index (κ3) is 7.84. The van der Waals surface area contributed by atoms with Gasteiger partial charge in [0.15, 0.2) is 6.61 Å². The molecule has 1 rings (SSSR count). The standard InChI is InChI=1S/C20H32F2N2O/c1-8-9-24(7)14-23-17-10-16(3)18(11-15(17)2)25-13-20(21,22)12-19(4,5)6/h10-11,14H,8-9,12-13H2,1-7H3. The second-order valence-electron chi connectivity index (χ2n) is 8.01. The summed E-state index contributed by atoms with van der Waals surface area (Å²) in [6.45, 7) is 11.6. The molecule has 25 heavy (non-hydrogen) atoms. The van der Waals surface area contributed by atoms with E-state index in [9.17, 15) is 8.78 Å². The van der Waals surface area contributed by atoms with Crippen molar-refractivity contribution in [3.63, 3.8) is 0 Å². The van der Waals surface area contributed by atoms with Crippen LogP contribution in [-0.4, -0.2) is 37.4 Å². The second-order valence-corrected chi connectivity index (χ2v) is 8.01. The van der Waals surface area contributed by atoms with Crippen molar-refractivity contribution in [3.05, 3.63) is 23.3 Å². The zero-order chi connectivity index (χ0) is 19.3. The van der Waals surface area contributed by atoms with E-state index < -0.39 is 17.9 Å². The maximum Gasteiger partial charge on any atom is 0.281 e. The summed E-state index contributed by atoms with van der Waals surface area (Å²) in [6.07, 6.45) is 2.64. The highest BCUT2D eigenvalue weighted by molar-refractivity contribution is 5.64. The largest absolute Gasteiger partial charge is 0.487 e. The van der Waals surface area contributed by atoms with Crippen LogP contribution in [0.4, 0.5) is 14.5 Å². The Kier molecular flexibility index (Phi) is 7.39. The molecule has 0 radical (unpaired) electrons. The van der Waals surface area contributed by atoms with Crippen molar-refractivity contribution in [1.82, 2.24) is 4.90 Å². The lowest BCUT2D eigenvalue weighted by Crippen LogP contribution is -2.31. The molecule has 0 atom stereocenters. The molecule has 0 aliphatic heterocycles. The fraction of sp³-hybridized carbons (Fsp3) is 0.650. The number of hydrogen-bond donors (Lipinski definition) is 0. The number of ether oxygens (including phenoxy) is 1. The maximum atomic E-state index is 14.0. The summed E-state index contributed by atoms with van der Waals surface area (Å²) in [7, 11) is 1.98. The number of nitrogens with zero attached hydrogens (tertiary/aromatic N) is 2. The van der Waals surface area contributed by atoms with Crippen molar-refractivity contribution in [1.29, 1.82) is 0 Å². The predicted molar refractivity (Wildman–Crippen MR) is 102 cm³/mol. The van der Waals surface area contributed by atoms with Gasteiger partial charge in [0, 0.05) is 20.0 Å². The lowest BCUT2D eigenvalue weighted by Gasteiger charge is -2.26. The highest BCUT2D eigenvalue weighted by Gasteiger charge is 2.35. The van der Waals surface area contributed by atoms with Crippen molar-refractivity contribution in [3.8, 4) is 5.75 Å². The monoisotopic (exact) mass is 354 g/mol. The molecule has 5 heteroatoms. The van der Waals surface area contributed by atoms with Crippen LogP contribution in [0.1, 0.15) is 51.7 Å². The van der Waals surface area contributed by atoms with Crippen LogP contribution in [0.15, 0.2) is 17.1 Å². The molecule has 0 aliphatic rings. The van der Waals surface area contributed by atoms with Crippen molar-refractivity contribution in [2.45, 2.75) is 60.3 Å². The Morgan fingerprint density at radius 3 is 2.36 bits per heavy atom. The lowest BCUT2D eigenvalue weighted by molar-refractivity contribution is -0.0696. The van der Waals surface area contributed by atoms with Crippen molar-refractivity contribution < 1.29 is 13.5 Å². The SMILES string of the molecule is CCCN(C)C=Nc1cc(C)c(OCC(F)(F)CC(C)(C)C)cc1C. The zero-order valence-corrected chi connectivity index (χ0v) is 16.6. The highest BCUT2D eigenvalue weighted by Crippen LogP contribution is 2.33. The summed E-state index contributed by atoms with van der Waals surface area (Å²) >= 11 is 0. The van der Waals surface area contributed by atoms with E-state index in [4.69, 9.17) is 4.74 Å². The summed E-state index contributed by atoms with van der Waals surface area (Å²) in [4.78, 5) is 6.50. The molecule has 0 N–H and O–H groups in total. The van der Waals surface area contributed by atoms with Crippen LogP contribution in [-0.2, 0) is 0 Å². The van der Waals surface area contributed by atoms with E-state index in [1.54, 1.807) is 33.2 Å². The molecule has 0 spiro atoms. The molecule has 0 saturated carbocycles. The molecule has 0 aliphatic carbocycles. The van der Waals surface area contributed by atoms with E-state index in [0.717, 1.165) is 29.8 Å². The van der Waals surface area contributed by atoms with Gasteiger partial charge in [-0.15, -0.1) is 0 Å². The van der Waals surface area contributed by atoms with Crippen LogP contribution in [0.25, 0.3) is 0 Å². The maximum absolute atomic E-state index is 14.0. The topological polar surface area (TPSA) is 24.8 Å². The number of aryl methyl sites for hydroxylation is 2. The first-order valence-electron chi connectivity index (χ1n) is 8.80. The predicted octanol–water partition coefficient (Wildman–Crippen LogP) is 5.76. The first kappa shape index (κ1) is 21.4. The first-order valence-corrected chi connectivity index (χ1v) is 8.80. The van der Waals surface area contributed by atoms with Crippen LogP contribution in [0.3, 0.4) is 0 Å². The van der Waals surface area contributed by atoms with Crippen LogP contribution in [0, 0.1) is 19.3 Å². The fourth-order valence-electron chi connectivity index (χ4n) is 2.65. The number of hydrogen-bond acceptors (Lipinski definition) is 2. The third-order valence-electron chi connectivity index (χ3n) is 3.69. The van der Waals surface area contributed by atoms with E-state index in [2.05, 4.69) is 11.9 Å². The number of alkyl halides is 2. The van der Waals surface area contributed by atoms with Crippen LogP contribution < -0.4 is 4.74 Å². The third-order valence-corrected chi connectivity index (χ3v) is 3.69. The van der Waals surface area contributed by atoms with Gasteiger partial charge in [-0.25, -0.2) is 13.8 Å². The number of aliphatic imine (C=N–C) groups is 1. The minimum Gasteiger partial charge on any atom is -0.487 e. The van der Waals surface area contributed by atoms with Gasteiger partial charge in [0.05, 0.1) is 12.0 Å². The number of benzene rings is 1. The summed E-state index contributed by atoms with van der Waals surface area (Å²) < 4.78 is 33.5. The normalized spacial score (nSPS) is 12.7. The van der Waals surface area contributed by atoms with Crippen LogP contribution in [0.2, 0.25) is 0 Å². The molecule has 0 amide bonds. The van der Waals surface area contributed by atoms with Crippen molar-refractivity contribution in [2.75, 3.05) is 20.2 Å². The van der Waals surface area contributed by atoms with Gasteiger partial charge in [-0.2, -0.15) is 0 Å². The fourth-order valence-corrected chi connectivity index (χ4v) is 2.65. The Bertz CT molecular complexity index is 592. The Balaban J connectivity index is 2.82. The number of halogens is 2. The Morgan fingerprint density at radius 1 is 1.16 bits per heavy atom. The molecule has 1 aromatic carbocycles. The Morgan fingerprint density at radius 2 is 1.80 bits per heavy atom. The molecule has 142 valence electrons. The molecular formula is C20H32F2N2O. The summed E-state index contributed by atoms with van der Waals surface area (Å²) in [5.74, 6) is -2.36. The first-order chi connectivity index (χ1) is 11.4. The Hall–Kier alpha value is -1.65. The minimum absolute atomic E-state index is 0.204. The van der Waals surface area contributed by atoms with Crippen LogP contribution in [0.5, 0.6) is 5.75 Å². The zero-order valence-electron chi connectivity index (χ0n) is 16.6. The molecule has 0 unspecified atom stereocenters. The van der Waals surface area contributed by atoms with Gasteiger partial charge in [0.25, 0.3) is 5.92 Å². The molecule has 0 fully saturated rings. The minimum atomic E-state index is -2.85. The smallest absolute Gasteiger partial charge is 0.281 e. The summed E-state index contributed by atoms with van der Waals surface area (Å²) in [5.41, 5.74) is 2.10. The van der Waals surface area contributed by atoms with Crippen molar-refractivity contribution >= 4 is 12.0 Å². The molecule has 0 saturated heterocycles. The highest BCUT2D eigenvalue weighted by atomic mass is 19.3. The quantitative estimate of drug-likeness (QED) is 0.438. The van der Waals surface area contributed by atoms with Crippen molar-refractivity contribution in [2.24, 2.45) is 10.4 Å². The second kappa shape index (κ2) is 8.63. The summed E-state index contributed by atoms with van der Waals surface area (Å²) in [6, 6.07) is 3.66. The summed E-state index contributed by atoms with van der Waals surface area (Å²) in [5, 5.41) is 0. The van der Waals surface area contributed by atoms with Crippen LogP contribution >= 0.6 is 0 Å². The molecule has 0 heterocycles. The molecule has 3 nitrogen and oxygen atoms in total. The van der Waals surface area contributed by atoms with Gasteiger partial charge in [-0.05, 0) is 48.9 Å². The van der Waals surface area contributed by atoms with Gasteiger partial charge < -0.3 is 9.64 Å². The molecule has 0 bridgehead atoms. The van der Waals surface area contributed by atoms with E-state index in [1.807, 2.05) is 31.9 Å². The van der Waals surface area contributed by atoms with Gasteiger partial charge >= 0.3 is 0 Å². The average molecular weight is 354 g/mol. The molecule has 0 aromatic heterocycles. The van der Waals surface area contributed by atoms with Gasteiger partial charge in [-0.3, -0.25) is 0 Å². The average Bonchev–Trinajstić information content (AvgIpc) is 2.44. The van der Waals surface area contributed by atoms with Gasteiger partial charge in [0.1, 0.15) is 5.75 Å². The number of rotatable bonds is 8.